The highest BCUT2D eigenvalue weighted by molar-refractivity contribution is 5.91. The molecule has 114 valence electrons. The highest BCUT2D eigenvalue weighted by Gasteiger charge is 2.30. The van der Waals surface area contributed by atoms with E-state index in [-0.39, 0.29) is 42.5 Å². The number of aliphatic carboxylic acids is 1. The summed E-state index contributed by atoms with van der Waals surface area (Å²) >= 11 is 0. The minimum atomic E-state index is -0.808. The van der Waals surface area contributed by atoms with Crippen molar-refractivity contribution in [3.05, 3.63) is 24.2 Å². The van der Waals surface area contributed by atoms with E-state index < -0.39 is 5.97 Å². The summed E-state index contributed by atoms with van der Waals surface area (Å²) in [4.78, 5) is 34.1. The number of rotatable bonds is 6. The second-order valence-electron chi connectivity index (χ2n) is 5.10. The number of furan rings is 1. The molecule has 2 rings (SSSR count). The number of hydrogen-bond acceptors (Lipinski definition) is 4. The summed E-state index contributed by atoms with van der Waals surface area (Å²) in [7, 11) is 0. The summed E-state index contributed by atoms with van der Waals surface area (Å²) < 4.78 is 4.93. The zero-order chi connectivity index (χ0) is 15.2. The smallest absolute Gasteiger partial charge is 0.306 e. The van der Waals surface area contributed by atoms with Gasteiger partial charge in [0.2, 0.25) is 5.91 Å². The van der Waals surface area contributed by atoms with Gasteiger partial charge in [-0.3, -0.25) is 14.4 Å². The highest BCUT2D eigenvalue weighted by atomic mass is 16.4. The van der Waals surface area contributed by atoms with Crippen LogP contribution in [0.5, 0.6) is 0 Å². The van der Waals surface area contributed by atoms with Gasteiger partial charge in [0.05, 0.1) is 12.2 Å². The molecule has 0 bridgehead atoms. The first kappa shape index (κ1) is 15.1. The van der Waals surface area contributed by atoms with E-state index in [2.05, 4.69) is 10.6 Å². The quantitative estimate of drug-likeness (QED) is 0.718. The van der Waals surface area contributed by atoms with E-state index in [0.717, 1.165) is 0 Å². The van der Waals surface area contributed by atoms with Gasteiger partial charge in [0.15, 0.2) is 5.76 Å². The summed E-state index contributed by atoms with van der Waals surface area (Å²) in [6.45, 7) is 0.209. The molecule has 3 N–H and O–H groups in total. The molecule has 7 nitrogen and oxygen atoms in total. The SMILES string of the molecule is O=C(CCNC(=O)c1ccco1)N[C@@H]1CC[C@H](C(=O)O)C1. The summed E-state index contributed by atoms with van der Waals surface area (Å²) in [5, 5.41) is 14.3. The van der Waals surface area contributed by atoms with Crippen molar-refractivity contribution in [1.82, 2.24) is 10.6 Å². The maximum Gasteiger partial charge on any atom is 0.306 e. The topological polar surface area (TPSA) is 109 Å². The molecule has 0 unspecified atom stereocenters. The third-order valence-electron chi connectivity index (χ3n) is 3.53. The Morgan fingerprint density at radius 2 is 2.14 bits per heavy atom. The maximum atomic E-state index is 11.7. The number of amides is 2. The Kier molecular flexibility index (Phi) is 4.97. The van der Waals surface area contributed by atoms with E-state index in [1.807, 2.05) is 0 Å². The van der Waals surface area contributed by atoms with Gasteiger partial charge in [0.25, 0.3) is 5.91 Å². The fourth-order valence-electron chi connectivity index (χ4n) is 2.42. The lowest BCUT2D eigenvalue weighted by Crippen LogP contribution is -2.36. The van der Waals surface area contributed by atoms with Gasteiger partial charge in [-0.05, 0) is 31.4 Å². The van der Waals surface area contributed by atoms with Crippen LogP contribution in [0.3, 0.4) is 0 Å². The van der Waals surface area contributed by atoms with E-state index in [4.69, 9.17) is 9.52 Å². The molecule has 1 aliphatic carbocycles. The number of hydrogen-bond donors (Lipinski definition) is 3. The summed E-state index contributed by atoms with van der Waals surface area (Å²) in [5.41, 5.74) is 0. The van der Waals surface area contributed by atoms with Crippen molar-refractivity contribution in [1.29, 1.82) is 0 Å². The van der Waals surface area contributed by atoms with E-state index in [1.54, 1.807) is 12.1 Å². The molecule has 0 saturated heterocycles. The van der Waals surface area contributed by atoms with Crippen molar-refractivity contribution in [2.45, 2.75) is 31.7 Å². The molecule has 0 spiro atoms. The van der Waals surface area contributed by atoms with Crippen LogP contribution < -0.4 is 10.6 Å². The molecule has 21 heavy (non-hydrogen) atoms. The Labute approximate surface area is 121 Å². The third-order valence-corrected chi connectivity index (χ3v) is 3.53. The van der Waals surface area contributed by atoms with Gasteiger partial charge in [-0.15, -0.1) is 0 Å². The fourth-order valence-corrected chi connectivity index (χ4v) is 2.42. The predicted molar refractivity (Wildman–Crippen MR) is 72.6 cm³/mol. The maximum absolute atomic E-state index is 11.7. The molecule has 0 radical (unpaired) electrons. The number of carbonyl (C=O) groups is 3. The molecule has 1 aromatic rings. The van der Waals surface area contributed by atoms with Gasteiger partial charge >= 0.3 is 5.97 Å². The van der Waals surface area contributed by atoms with Crippen molar-refractivity contribution in [2.75, 3.05) is 6.54 Å². The zero-order valence-electron chi connectivity index (χ0n) is 11.5. The van der Waals surface area contributed by atoms with Gasteiger partial charge in [0.1, 0.15) is 0 Å². The van der Waals surface area contributed by atoms with Crippen molar-refractivity contribution in [3.63, 3.8) is 0 Å². The molecular formula is C14H18N2O5. The molecule has 1 heterocycles. The second kappa shape index (κ2) is 6.92. The molecule has 1 aromatic heterocycles. The van der Waals surface area contributed by atoms with Crippen LogP contribution in [0, 0.1) is 5.92 Å². The lowest BCUT2D eigenvalue weighted by molar-refractivity contribution is -0.141. The Morgan fingerprint density at radius 1 is 1.33 bits per heavy atom. The molecule has 2 atom stereocenters. The summed E-state index contributed by atoms with van der Waals surface area (Å²) in [6.07, 6.45) is 3.30. The monoisotopic (exact) mass is 294 g/mol. The van der Waals surface area contributed by atoms with Crippen LogP contribution in [0.25, 0.3) is 0 Å². The number of nitrogens with one attached hydrogen (secondary N) is 2. The lowest BCUT2D eigenvalue weighted by atomic mass is 10.1. The van der Waals surface area contributed by atoms with Crippen LogP contribution in [0.1, 0.15) is 36.2 Å². The Balaban J connectivity index is 1.64. The standard InChI is InChI=1S/C14H18N2O5/c17-12(16-10-4-3-9(8-10)14(19)20)5-6-15-13(18)11-2-1-7-21-11/h1-2,7,9-10H,3-6,8H2,(H,15,18)(H,16,17)(H,19,20)/t9-,10+/m0/s1. The van der Waals surface area contributed by atoms with Crippen LogP contribution in [-0.2, 0) is 9.59 Å². The second-order valence-corrected chi connectivity index (χ2v) is 5.10. The molecule has 1 saturated carbocycles. The van der Waals surface area contributed by atoms with Crippen molar-refractivity contribution >= 4 is 17.8 Å². The average molecular weight is 294 g/mol. The first-order valence-electron chi connectivity index (χ1n) is 6.90. The van der Waals surface area contributed by atoms with Gasteiger partial charge < -0.3 is 20.2 Å². The largest absolute Gasteiger partial charge is 0.481 e. The van der Waals surface area contributed by atoms with Crippen LogP contribution in [0.15, 0.2) is 22.8 Å². The minimum Gasteiger partial charge on any atom is -0.481 e. The normalized spacial score (nSPS) is 21.0. The number of carboxylic acid groups (broad SMARTS) is 1. The van der Waals surface area contributed by atoms with Crippen molar-refractivity contribution < 1.29 is 23.9 Å². The Hall–Kier alpha value is -2.31. The van der Waals surface area contributed by atoms with E-state index in [9.17, 15) is 14.4 Å². The van der Waals surface area contributed by atoms with Crippen molar-refractivity contribution in [3.8, 4) is 0 Å². The number of carbonyl (C=O) groups excluding carboxylic acids is 2. The van der Waals surface area contributed by atoms with Gasteiger partial charge in [-0.2, -0.15) is 0 Å². The van der Waals surface area contributed by atoms with Crippen LogP contribution in [0.4, 0.5) is 0 Å². The van der Waals surface area contributed by atoms with E-state index >= 15 is 0 Å². The summed E-state index contributed by atoms with van der Waals surface area (Å²) in [6, 6.07) is 3.07. The molecular weight excluding hydrogens is 276 g/mol. The summed E-state index contributed by atoms with van der Waals surface area (Å²) in [5.74, 6) is -1.52. The van der Waals surface area contributed by atoms with Gasteiger partial charge in [0, 0.05) is 19.0 Å². The van der Waals surface area contributed by atoms with Gasteiger partial charge in [-0.25, -0.2) is 0 Å². The molecule has 0 aromatic carbocycles. The van der Waals surface area contributed by atoms with Crippen LogP contribution in [0.2, 0.25) is 0 Å². The lowest BCUT2D eigenvalue weighted by Gasteiger charge is -2.12. The Morgan fingerprint density at radius 3 is 2.76 bits per heavy atom. The van der Waals surface area contributed by atoms with E-state index in [0.29, 0.717) is 19.3 Å². The highest BCUT2D eigenvalue weighted by Crippen LogP contribution is 2.25. The van der Waals surface area contributed by atoms with Crippen LogP contribution >= 0.6 is 0 Å². The molecule has 1 fully saturated rings. The zero-order valence-corrected chi connectivity index (χ0v) is 11.5. The Bertz CT molecular complexity index is 511. The van der Waals surface area contributed by atoms with Crippen LogP contribution in [-0.4, -0.2) is 35.5 Å². The predicted octanol–water partition coefficient (Wildman–Crippen LogP) is 0.769. The molecule has 7 heteroatoms. The molecule has 1 aliphatic rings. The first-order chi connectivity index (χ1) is 10.1. The third kappa shape index (κ3) is 4.34. The molecule has 2 amide bonds. The van der Waals surface area contributed by atoms with Gasteiger partial charge in [-0.1, -0.05) is 0 Å². The fraction of sp³-hybridized carbons (Fsp3) is 0.500. The van der Waals surface area contributed by atoms with E-state index in [1.165, 1.54) is 6.26 Å². The number of carboxylic acids is 1. The molecule has 0 aliphatic heterocycles. The average Bonchev–Trinajstić information content (AvgIpc) is 3.09. The first-order valence-corrected chi connectivity index (χ1v) is 6.90. The minimum absolute atomic E-state index is 0.0839. The van der Waals surface area contributed by atoms with Crippen molar-refractivity contribution in [2.24, 2.45) is 5.92 Å².